The number of phenols is 1. The third-order valence-corrected chi connectivity index (χ3v) is 3.49. The molecule has 0 spiro atoms. The van der Waals surface area contributed by atoms with Crippen molar-refractivity contribution in [3.8, 4) is 5.75 Å². The summed E-state index contributed by atoms with van der Waals surface area (Å²) in [5.41, 5.74) is 0.712. The van der Waals surface area contributed by atoms with Gasteiger partial charge in [0.05, 0.1) is 5.69 Å². The van der Waals surface area contributed by atoms with Crippen molar-refractivity contribution in [3.63, 3.8) is 0 Å². The fourth-order valence-electron chi connectivity index (χ4n) is 1.29. The first-order valence-corrected chi connectivity index (χ1v) is 5.42. The summed E-state index contributed by atoms with van der Waals surface area (Å²) in [5.74, 6) is 0.986. The third-order valence-electron chi connectivity index (χ3n) is 2.16. The molecule has 1 amide bonds. The monoisotopic (exact) mass is 209 g/mol. The topological polar surface area (TPSA) is 49.3 Å². The average molecular weight is 209 g/mol. The quantitative estimate of drug-likeness (QED) is 0.687. The van der Waals surface area contributed by atoms with Gasteiger partial charge in [-0.2, -0.15) is 0 Å². The summed E-state index contributed by atoms with van der Waals surface area (Å²) in [7, 11) is 0. The van der Waals surface area contributed by atoms with Crippen molar-refractivity contribution in [3.05, 3.63) is 18.2 Å². The van der Waals surface area contributed by atoms with Crippen molar-refractivity contribution >= 4 is 23.4 Å². The molecule has 0 radical (unpaired) electrons. The molecule has 4 heteroatoms. The highest BCUT2D eigenvalue weighted by Gasteiger charge is 2.19. The Morgan fingerprint density at radius 1 is 1.57 bits per heavy atom. The van der Waals surface area contributed by atoms with Crippen molar-refractivity contribution < 1.29 is 9.90 Å². The Hall–Kier alpha value is -1.16. The molecule has 1 atom stereocenters. The second kappa shape index (κ2) is 3.53. The summed E-state index contributed by atoms with van der Waals surface area (Å²) < 4.78 is 0. The lowest BCUT2D eigenvalue weighted by molar-refractivity contribution is -0.118. The minimum absolute atomic E-state index is 0.00884. The first-order valence-electron chi connectivity index (χ1n) is 4.43. The first kappa shape index (κ1) is 9.40. The van der Waals surface area contributed by atoms with Gasteiger partial charge in [-0.05, 0) is 12.1 Å². The van der Waals surface area contributed by atoms with Gasteiger partial charge in [0.1, 0.15) is 5.75 Å². The van der Waals surface area contributed by atoms with Gasteiger partial charge in [-0.3, -0.25) is 4.79 Å². The summed E-state index contributed by atoms with van der Waals surface area (Å²) in [4.78, 5) is 12.5. The second-order valence-electron chi connectivity index (χ2n) is 3.38. The molecule has 0 aromatic heterocycles. The molecule has 0 aliphatic carbocycles. The van der Waals surface area contributed by atoms with E-state index in [0.717, 1.165) is 10.6 Å². The maximum absolute atomic E-state index is 11.5. The van der Waals surface area contributed by atoms with Crippen LogP contribution in [0.4, 0.5) is 5.69 Å². The van der Waals surface area contributed by atoms with Crippen LogP contribution in [0.25, 0.3) is 0 Å². The highest BCUT2D eigenvalue weighted by atomic mass is 32.2. The Bertz CT molecular complexity index is 378. The number of carbonyl (C=O) groups excluding carboxylic acids is 1. The van der Waals surface area contributed by atoms with Gasteiger partial charge in [0.25, 0.3) is 0 Å². The Morgan fingerprint density at radius 2 is 2.36 bits per heavy atom. The van der Waals surface area contributed by atoms with Crippen LogP contribution in [-0.2, 0) is 4.79 Å². The summed E-state index contributed by atoms with van der Waals surface area (Å²) in [6.45, 7) is 1.90. The number of anilines is 1. The molecule has 1 aliphatic rings. The lowest BCUT2D eigenvalue weighted by Gasteiger charge is -2.06. The number of fused-ring (bicyclic) bond motifs is 1. The van der Waals surface area contributed by atoms with E-state index in [4.69, 9.17) is 0 Å². The summed E-state index contributed by atoms with van der Waals surface area (Å²) >= 11 is 1.64. The van der Waals surface area contributed by atoms with Gasteiger partial charge >= 0.3 is 0 Å². The number of benzene rings is 1. The molecule has 3 nitrogen and oxygen atoms in total. The zero-order valence-corrected chi connectivity index (χ0v) is 8.60. The van der Waals surface area contributed by atoms with Gasteiger partial charge in [0.2, 0.25) is 5.91 Å². The maximum Gasteiger partial charge on any atom is 0.228 e. The summed E-state index contributed by atoms with van der Waals surface area (Å²) in [6, 6.07) is 5.04. The smallest absolute Gasteiger partial charge is 0.228 e. The fraction of sp³-hybridized carbons (Fsp3) is 0.300. The van der Waals surface area contributed by atoms with Crippen LogP contribution in [0.1, 0.15) is 6.92 Å². The van der Waals surface area contributed by atoms with Crippen LogP contribution in [0.3, 0.4) is 0 Å². The Morgan fingerprint density at radius 3 is 3.14 bits per heavy atom. The molecule has 1 aromatic carbocycles. The Kier molecular flexibility index (Phi) is 2.37. The van der Waals surface area contributed by atoms with Gasteiger partial charge in [-0.25, -0.2) is 0 Å². The minimum Gasteiger partial charge on any atom is -0.508 e. The number of thioether (sulfide) groups is 1. The van der Waals surface area contributed by atoms with E-state index in [1.807, 2.05) is 13.0 Å². The van der Waals surface area contributed by atoms with E-state index >= 15 is 0 Å². The standard InChI is InChI=1S/C10H11NO2S/c1-6-5-14-9-3-2-7(12)4-8(9)11-10(6)13/h2-4,6,12H,5H2,1H3,(H,11,13). The van der Waals surface area contributed by atoms with Crippen LogP contribution in [-0.4, -0.2) is 16.8 Å². The SMILES string of the molecule is CC1CSc2ccc(O)cc2NC1=O. The zero-order valence-electron chi connectivity index (χ0n) is 7.78. The number of amides is 1. The molecule has 74 valence electrons. The van der Waals surface area contributed by atoms with Crippen LogP contribution in [0.5, 0.6) is 5.75 Å². The lowest BCUT2D eigenvalue weighted by atomic mass is 10.2. The number of aromatic hydroxyl groups is 1. The van der Waals surface area contributed by atoms with E-state index in [9.17, 15) is 9.90 Å². The van der Waals surface area contributed by atoms with E-state index in [-0.39, 0.29) is 17.6 Å². The number of nitrogens with one attached hydrogen (secondary N) is 1. The maximum atomic E-state index is 11.5. The van der Waals surface area contributed by atoms with Gasteiger partial charge in [0, 0.05) is 22.6 Å². The second-order valence-corrected chi connectivity index (χ2v) is 4.44. The molecule has 2 rings (SSSR count). The number of hydrogen-bond donors (Lipinski definition) is 2. The van der Waals surface area contributed by atoms with Crippen LogP contribution in [0.2, 0.25) is 0 Å². The highest BCUT2D eigenvalue weighted by molar-refractivity contribution is 7.99. The number of carbonyl (C=O) groups is 1. The number of phenolic OH excluding ortho intramolecular Hbond substituents is 1. The molecule has 0 saturated heterocycles. The van der Waals surface area contributed by atoms with E-state index in [0.29, 0.717) is 5.69 Å². The van der Waals surface area contributed by atoms with Gasteiger partial charge in [-0.15, -0.1) is 11.8 Å². The lowest BCUT2D eigenvalue weighted by Crippen LogP contribution is -2.20. The van der Waals surface area contributed by atoms with Crippen molar-refractivity contribution in [2.75, 3.05) is 11.1 Å². The van der Waals surface area contributed by atoms with Crippen LogP contribution >= 0.6 is 11.8 Å². The normalized spacial score (nSPS) is 20.9. The molecule has 1 aromatic rings. The van der Waals surface area contributed by atoms with E-state index < -0.39 is 0 Å². The van der Waals surface area contributed by atoms with E-state index in [1.54, 1.807) is 23.9 Å². The molecular formula is C10H11NO2S. The van der Waals surface area contributed by atoms with Gasteiger partial charge in [-0.1, -0.05) is 6.92 Å². The molecule has 14 heavy (non-hydrogen) atoms. The predicted octanol–water partition coefficient (Wildman–Crippen LogP) is 2.07. The van der Waals surface area contributed by atoms with E-state index in [1.165, 1.54) is 0 Å². The molecule has 1 unspecified atom stereocenters. The fourth-order valence-corrected chi connectivity index (χ4v) is 2.30. The highest BCUT2D eigenvalue weighted by Crippen LogP contribution is 2.34. The van der Waals surface area contributed by atoms with Crippen LogP contribution in [0, 0.1) is 5.92 Å². The van der Waals surface area contributed by atoms with E-state index in [2.05, 4.69) is 5.32 Å². The largest absolute Gasteiger partial charge is 0.508 e. The van der Waals surface area contributed by atoms with Crippen molar-refractivity contribution in [2.45, 2.75) is 11.8 Å². The molecule has 0 bridgehead atoms. The van der Waals surface area contributed by atoms with Crippen LogP contribution in [0.15, 0.2) is 23.1 Å². The predicted molar refractivity (Wildman–Crippen MR) is 56.6 cm³/mol. The third kappa shape index (κ3) is 1.70. The summed E-state index contributed by atoms with van der Waals surface area (Å²) in [6.07, 6.45) is 0. The van der Waals surface area contributed by atoms with Crippen molar-refractivity contribution in [1.82, 2.24) is 0 Å². The molecule has 0 saturated carbocycles. The van der Waals surface area contributed by atoms with Gasteiger partial charge < -0.3 is 10.4 Å². The Balaban J connectivity index is 2.38. The molecule has 1 heterocycles. The summed E-state index contributed by atoms with van der Waals surface area (Å²) in [5, 5.41) is 12.1. The van der Waals surface area contributed by atoms with Crippen molar-refractivity contribution in [1.29, 1.82) is 0 Å². The van der Waals surface area contributed by atoms with Crippen LogP contribution < -0.4 is 5.32 Å². The molecule has 1 aliphatic heterocycles. The van der Waals surface area contributed by atoms with Gasteiger partial charge in [0.15, 0.2) is 0 Å². The molecule has 2 N–H and O–H groups in total. The molecular weight excluding hydrogens is 198 g/mol. The Labute approximate surface area is 86.5 Å². The first-order chi connectivity index (χ1) is 6.66. The molecule has 0 fully saturated rings. The van der Waals surface area contributed by atoms with Crippen molar-refractivity contribution in [2.24, 2.45) is 5.92 Å². The number of rotatable bonds is 0. The average Bonchev–Trinajstić information content (AvgIpc) is 2.27. The minimum atomic E-state index is 0.00884. The zero-order chi connectivity index (χ0) is 10.1. The number of hydrogen-bond acceptors (Lipinski definition) is 3.